The van der Waals surface area contributed by atoms with Crippen LogP contribution in [0.3, 0.4) is 0 Å². The lowest BCUT2D eigenvalue weighted by Gasteiger charge is -2.04. The van der Waals surface area contributed by atoms with Gasteiger partial charge in [0.05, 0.1) is 0 Å². The number of nitrogens with one attached hydrogen (secondary N) is 1. The van der Waals surface area contributed by atoms with Gasteiger partial charge in [0.15, 0.2) is 5.78 Å². The summed E-state index contributed by atoms with van der Waals surface area (Å²) in [4.78, 5) is 35.3. The fourth-order valence-electron chi connectivity index (χ4n) is 1.14. The number of hydrogen-bond acceptors (Lipinski definition) is 3. The minimum absolute atomic E-state index is 0.0436. The quantitative estimate of drug-likeness (QED) is 0.600. The molecular formula is C8H10N2O3. The van der Waals surface area contributed by atoms with E-state index < -0.39 is 11.2 Å². The summed E-state index contributed by atoms with van der Waals surface area (Å²) >= 11 is 0. The van der Waals surface area contributed by atoms with E-state index in [4.69, 9.17) is 0 Å². The number of aromatic nitrogens is 2. The Balaban J connectivity index is 3.73. The number of Topliss-reactive ketones (excluding diaryl/α,β-unsaturated/α-hetero) is 1. The summed E-state index contributed by atoms with van der Waals surface area (Å²) in [5, 5.41) is 0. The molecule has 0 radical (unpaired) electrons. The number of H-pyrrole nitrogens is 1. The molecule has 0 atom stereocenters. The van der Waals surface area contributed by atoms with E-state index >= 15 is 0 Å². The highest BCUT2D eigenvalue weighted by Gasteiger charge is 2.12. The normalized spacial score (nSPS) is 10.1. The highest BCUT2D eigenvalue weighted by atomic mass is 16.2. The number of carbonyl (C=O) groups is 1. The molecule has 1 rings (SSSR count). The molecule has 5 nitrogen and oxygen atoms in total. The van der Waals surface area contributed by atoms with Crippen LogP contribution < -0.4 is 11.2 Å². The van der Waals surface area contributed by atoms with E-state index in [1.807, 2.05) is 0 Å². The fraction of sp³-hybridized carbons (Fsp3) is 0.375. The fourth-order valence-corrected chi connectivity index (χ4v) is 1.14. The lowest BCUT2D eigenvalue weighted by atomic mass is 10.2. The van der Waals surface area contributed by atoms with Crippen LogP contribution in [0.2, 0.25) is 0 Å². The second-order valence-electron chi connectivity index (χ2n) is 2.83. The maximum absolute atomic E-state index is 11.2. The van der Waals surface area contributed by atoms with E-state index in [1.165, 1.54) is 18.5 Å². The van der Waals surface area contributed by atoms with Gasteiger partial charge in [-0.3, -0.25) is 14.6 Å². The van der Waals surface area contributed by atoms with Gasteiger partial charge in [0, 0.05) is 12.7 Å². The van der Waals surface area contributed by atoms with Gasteiger partial charge in [0.1, 0.15) is 5.56 Å². The zero-order valence-electron chi connectivity index (χ0n) is 7.67. The second kappa shape index (κ2) is 3.01. The number of nitrogens with zero attached hydrogens (tertiary/aromatic N) is 1. The van der Waals surface area contributed by atoms with Crippen molar-refractivity contribution in [1.29, 1.82) is 0 Å². The maximum atomic E-state index is 11.2. The number of aromatic amines is 1. The molecule has 0 aliphatic carbocycles. The van der Waals surface area contributed by atoms with Crippen molar-refractivity contribution in [3.8, 4) is 0 Å². The van der Waals surface area contributed by atoms with Crippen LogP contribution in [0.1, 0.15) is 23.0 Å². The van der Waals surface area contributed by atoms with Crippen molar-refractivity contribution < 1.29 is 4.79 Å². The second-order valence-corrected chi connectivity index (χ2v) is 2.83. The average molecular weight is 182 g/mol. The minimum atomic E-state index is -0.617. The predicted molar refractivity (Wildman–Crippen MR) is 47.0 cm³/mol. The Hall–Kier alpha value is -1.65. The van der Waals surface area contributed by atoms with Crippen LogP contribution in [0.5, 0.6) is 0 Å². The largest absolute Gasteiger partial charge is 0.328 e. The van der Waals surface area contributed by atoms with Crippen molar-refractivity contribution in [2.75, 3.05) is 0 Å². The van der Waals surface area contributed by atoms with Crippen LogP contribution in [-0.4, -0.2) is 15.3 Å². The minimum Gasteiger partial charge on any atom is -0.300 e. The van der Waals surface area contributed by atoms with E-state index in [0.29, 0.717) is 5.69 Å². The van der Waals surface area contributed by atoms with E-state index in [2.05, 4.69) is 4.98 Å². The molecular weight excluding hydrogens is 172 g/mol. The first kappa shape index (κ1) is 9.44. The monoisotopic (exact) mass is 182 g/mol. The summed E-state index contributed by atoms with van der Waals surface area (Å²) in [5.74, 6) is -0.339. The van der Waals surface area contributed by atoms with Gasteiger partial charge in [-0.05, 0) is 13.8 Å². The first-order valence-electron chi connectivity index (χ1n) is 3.76. The van der Waals surface area contributed by atoms with E-state index in [9.17, 15) is 14.4 Å². The Morgan fingerprint density at radius 1 is 1.38 bits per heavy atom. The van der Waals surface area contributed by atoms with Crippen LogP contribution in [0.15, 0.2) is 9.59 Å². The van der Waals surface area contributed by atoms with Gasteiger partial charge >= 0.3 is 5.69 Å². The topological polar surface area (TPSA) is 71.9 Å². The van der Waals surface area contributed by atoms with Gasteiger partial charge in [-0.25, -0.2) is 4.79 Å². The number of ketones is 1. The van der Waals surface area contributed by atoms with E-state index in [0.717, 1.165) is 0 Å². The highest BCUT2D eigenvalue weighted by Crippen LogP contribution is 1.97. The summed E-state index contributed by atoms with van der Waals surface area (Å²) in [5.41, 5.74) is -0.691. The lowest BCUT2D eigenvalue weighted by molar-refractivity contribution is 0.101. The Kier molecular flexibility index (Phi) is 2.18. The Labute approximate surface area is 74.0 Å². The van der Waals surface area contributed by atoms with Crippen molar-refractivity contribution in [3.05, 3.63) is 32.1 Å². The van der Waals surface area contributed by atoms with Gasteiger partial charge in [0.2, 0.25) is 0 Å². The first-order chi connectivity index (χ1) is 5.95. The molecule has 0 unspecified atom stereocenters. The van der Waals surface area contributed by atoms with Crippen LogP contribution in [0, 0.1) is 6.92 Å². The standard InChI is InChI=1S/C8H10N2O3/c1-4-6(5(2)11)7(12)9-8(13)10(4)3/h1-3H3,(H,9,12,13). The molecule has 13 heavy (non-hydrogen) atoms. The Morgan fingerprint density at radius 3 is 2.38 bits per heavy atom. The van der Waals surface area contributed by atoms with Crippen LogP contribution >= 0.6 is 0 Å². The number of hydrogen-bond donors (Lipinski definition) is 1. The smallest absolute Gasteiger partial charge is 0.300 e. The van der Waals surface area contributed by atoms with E-state index in [-0.39, 0.29) is 11.3 Å². The van der Waals surface area contributed by atoms with Crippen molar-refractivity contribution in [3.63, 3.8) is 0 Å². The maximum Gasteiger partial charge on any atom is 0.328 e. The van der Waals surface area contributed by atoms with Gasteiger partial charge < -0.3 is 4.57 Å². The lowest BCUT2D eigenvalue weighted by Crippen LogP contribution is -2.34. The molecule has 0 saturated carbocycles. The molecule has 1 N–H and O–H groups in total. The third-order valence-electron chi connectivity index (χ3n) is 1.97. The third-order valence-corrected chi connectivity index (χ3v) is 1.97. The van der Waals surface area contributed by atoms with Crippen LogP contribution in [0.4, 0.5) is 0 Å². The SMILES string of the molecule is CC(=O)c1c(C)n(C)c(=O)[nH]c1=O. The Bertz CT molecular complexity index is 467. The van der Waals surface area contributed by atoms with E-state index in [1.54, 1.807) is 6.92 Å². The van der Waals surface area contributed by atoms with Gasteiger partial charge in [-0.2, -0.15) is 0 Å². The van der Waals surface area contributed by atoms with Crippen molar-refractivity contribution in [1.82, 2.24) is 9.55 Å². The zero-order valence-corrected chi connectivity index (χ0v) is 7.67. The molecule has 1 aromatic heterocycles. The van der Waals surface area contributed by atoms with Gasteiger partial charge in [-0.15, -0.1) is 0 Å². The molecule has 0 spiro atoms. The Morgan fingerprint density at radius 2 is 1.92 bits per heavy atom. The number of carbonyl (C=O) groups excluding carboxylic acids is 1. The summed E-state index contributed by atoms with van der Waals surface area (Å²) < 4.78 is 1.23. The molecule has 1 aromatic rings. The number of rotatable bonds is 1. The van der Waals surface area contributed by atoms with Gasteiger partial charge in [0.25, 0.3) is 5.56 Å². The first-order valence-corrected chi connectivity index (χ1v) is 3.76. The summed E-state index contributed by atoms with van der Waals surface area (Å²) in [6, 6.07) is 0. The zero-order chi connectivity index (χ0) is 10.2. The molecule has 1 heterocycles. The summed E-state index contributed by atoms with van der Waals surface area (Å²) in [7, 11) is 1.50. The van der Waals surface area contributed by atoms with Gasteiger partial charge in [-0.1, -0.05) is 0 Å². The van der Waals surface area contributed by atoms with Crippen LogP contribution in [0.25, 0.3) is 0 Å². The molecule has 5 heteroatoms. The molecule has 0 aliphatic rings. The predicted octanol–water partition coefficient (Wildman–Crippen LogP) is -0.415. The molecule has 0 aromatic carbocycles. The molecule has 0 aliphatic heterocycles. The highest BCUT2D eigenvalue weighted by molar-refractivity contribution is 5.94. The van der Waals surface area contributed by atoms with Crippen molar-refractivity contribution in [2.24, 2.45) is 7.05 Å². The molecule has 70 valence electrons. The molecule has 0 amide bonds. The molecule has 0 bridgehead atoms. The molecule has 0 saturated heterocycles. The van der Waals surface area contributed by atoms with Crippen molar-refractivity contribution >= 4 is 5.78 Å². The summed E-state index contributed by atoms with van der Waals surface area (Å²) in [6.07, 6.45) is 0. The average Bonchev–Trinajstić information content (AvgIpc) is 1.99. The van der Waals surface area contributed by atoms with Crippen molar-refractivity contribution in [2.45, 2.75) is 13.8 Å². The molecule has 0 fully saturated rings. The summed E-state index contributed by atoms with van der Waals surface area (Å²) in [6.45, 7) is 2.86. The third kappa shape index (κ3) is 1.44. The van der Waals surface area contributed by atoms with Crippen LogP contribution in [-0.2, 0) is 7.05 Å².